The fourth-order valence-electron chi connectivity index (χ4n) is 5.67. The summed E-state index contributed by atoms with van der Waals surface area (Å²) < 4.78 is 63.5. The van der Waals surface area contributed by atoms with Gasteiger partial charge in [-0.05, 0) is 48.9 Å². The lowest BCUT2D eigenvalue weighted by molar-refractivity contribution is -0.175. The summed E-state index contributed by atoms with van der Waals surface area (Å²) in [5.74, 6) is -1.28. The Morgan fingerprint density at radius 1 is 1.17 bits per heavy atom. The summed E-state index contributed by atoms with van der Waals surface area (Å²) in [5, 5.41) is 13.2. The zero-order valence-electron chi connectivity index (χ0n) is 18.8. The Labute approximate surface area is 208 Å². The fraction of sp³-hybridized carbons (Fsp3) is 0.440. The van der Waals surface area contributed by atoms with Gasteiger partial charge in [0.1, 0.15) is 17.3 Å². The van der Waals surface area contributed by atoms with E-state index in [4.69, 9.17) is 21.1 Å². The van der Waals surface area contributed by atoms with Crippen LogP contribution in [0, 0.1) is 11.2 Å². The molecule has 6 nitrogen and oxygen atoms in total. The zero-order valence-corrected chi connectivity index (χ0v) is 19.6. The van der Waals surface area contributed by atoms with Crippen molar-refractivity contribution in [2.45, 2.75) is 56.0 Å². The SMILES string of the molecule is O=C(COc1ccc(Cl)c(F)c1)NC12CC(CC(=O)C3CC(O)c4ccc(C(F)(F)F)cc4O3)(C1)C2. The third kappa shape index (κ3) is 4.64. The quantitative estimate of drug-likeness (QED) is 0.507. The van der Waals surface area contributed by atoms with Gasteiger partial charge in [0.2, 0.25) is 0 Å². The van der Waals surface area contributed by atoms with E-state index in [0.717, 1.165) is 18.2 Å². The molecule has 2 bridgehead atoms. The lowest BCUT2D eigenvalue weighted by Gasteiger charge is -2.70. The number of ketones is 1. The Hall–Kier alpha value is -2.85. The van der Waals surface area contributed by atoms with E-state index in [-0.39, 0.29) is 58.6 Å². The minimum atomic E-state index is -4.57. The molecule has 1 heterocycles. The summed E-state index contributed by atoms with van der Waals surface area (Å²) in [6.45, 7) is -0.304. The lowest BCUT2D eigenvalue weighted by Crippen LogP contribution is -2.75. The summed E-state index contributed by atoms with van der Waals surface area (Å²) in [6.07, 6.45) is -4.84. The molecule has 0 aromatic heterocycles. The molecule has 4 aliphatic rings. The maximum atomic E-state index is 13.5. The van der Waals surface area contributed by atoms with Gasteiger partial charge in [-0.1, -0.05) is 17.7 Å². The Kier molecular flexibility index (Phi) is 5.95. The molecule has 3 aliphatic carbocycles. The fourth-order valence-corrected chi connectivity index (χ4v) is 5.78. The molecule has 2 unspecified atom stereocenters. The third-order valence-corrected chi connectivity index (χ3v) is 7.43. The van der Waals surface area contributed by atoms with E-state index < -0.39 is 35.3 Å². The van der Waals surface area contributed by atoms with Gasteiger partial charge in [-0.2, -0.15) is 13.2 Å². The summed E-state index contributed by atoms with van der Waals surface area (Å²) >= 11 is 5.62. The van der Waals surface area contributed by atoms with Crippen LogP contribution in [0.3, 0.4) is 0 Å². The summed E-state index contributed by atoms with van der Waals surface area (Å²) in [4.78, 5) is 25.2. The Bertz CT molecular complexity index is 1210. The van der Waals surface area contributed by atoms with Gasteiger partial charge < -0.3 is 19.9 Å². The van der Waals surface area contributed by atoms with Crippen molar-refractivity contribution in [3.63, 3.8) is 0 Å². The number of hydrogen-bond donors (Lipinski definition) is 2. The molecule has 2 aromatic carbocycles. The Morgan fingerprint density at radius 2 is 1.89 bits per heavy atom. The number of fused-ring (bicyclic) bond motifs is 1. The Morgan fingerprint density at radius 3 is 2.56 bits per heavy atom. The molecular weight excluding hydrogens is 506 g/mol. The molecular formula is C25H22ClF4NO5. The number of nitrogens with one attached hydrogen (secondary N) is 1. The number of alkyl halides is 3. The highest BCUT2D eigenvalue weighted by Gasteiger charge is 2.68. The van der Waals surface area contributed by atoms with E-state index in [9.17, 15) is 32.3 Å². The van der Waals surface area contributed by atoms with Gasteiger partial charge in [0.25, 0.3) is 5.91 Å². The van der Waals surface area contributed by atoms with Crippen LogP contribution in [0.5, 0.6) is 11.5 Å². The molecule has 2 atom stereocenters. The highest BCUT2D eigenvalue weighted by atomic mass is 35.5. The predicted octanol–water partition coefficient (Wildman–Crippen LogP) is 4.76. The van der Waals surface area contributed by atoms with Crippen molar-refractivity contribution >= 4 is 23.3 Å². The van der Waals surface area contributed by atoms with Crippen LogP contribution in [0.1, 0.15) is 49.3 Å². The van der Waals surface area contributed by atoms with Gasteiger partial charge in [-0.15, -0.1) is 0 Å². The molecule has 1 amide bonds. The van der Waals surface area contributed by atoms with Crippen LogP contribution in [0.25, 0.3) is 0 Å². The molecule has 0 spiro atoms. The highest BCUT2D eigenvalue weighted by molar-refractivity contribution is 6.30. The van der Waals surface area contributed by atoms with Gasteiger partial charge in [0.05, 0.1) is 16.7 Å². The first-order valence-corrected chi connectivity index (χ1v) is 11.7. The number of Topliss-reactive ketones (excluding diaryl/α,β-unsaturated/α-hetero) is 1. The second-order valence-electron chi connectivity index (χ2n) is 9.97. The normalized spacial score (nSPS) is 28.2. The van der Waals surface area contributed by atoms with E-state index in [2.05, 4.69) is 5.32 Å². The van der Waals surface area contributed by atoms with Crippen molar-refractivity contribution < 1.29 is 41.7 Å². The van der Waals surface area contributed by atoms with E-state index in [0.29, 0.717) is 19.3 Å². The molecule has 6 rings (SSSR count). The number of benzene rings is 2. The van der Waals surface area contributed by atoms with Crippen molar-refractivity contribution in [1.29, 1.82) is 0 Å². The van der Waals surface area contributed by atoms with Crippen LogP contribution in [-0.4, -0.2) is 35.0 Å². The summed E-state index contributed by atoms with van der Waals surface area (Å²) in [6, 6.07) is 6.72. The van der Waals surface area contributed by atoms with Crippen LogP contribution in [0.2, 0.25) is 5.02 Å². The minimum absolute atomic E-state index is 0.0300. The van der Waals surface area contributed by atoms with Crippen molar-refractivity contribution in [1.82, 2.24) is 5.32 Å². The number of aliphatic hydroxyl groups excluding tert-OH is 1. The molecule has 3 saturated carbocycles. The maximum Gasteiger partial charge on any atom is 0.416 e. The number of ether oxygens (including phenoxy) is 2. The van der Waals surface area contributed by atoms with Gasteiger partial charge in [-0.3, -0.25) is 9.59 Å². The van der Waals surface area contributed by atoms with E-state index in [1.54, 1.807) is 0 Å². The standard InChI is InChI=1S/C25H22ClF4NO5/c26-16-4-2-14(6-17(16)27)35-9-22(34)31-24-10-23(11-24,12-24)8-19(33)21-7-18(32)15-3-1-13(25(28,29)30)5-20(15)36-21/h1-6,18,21,32H,7-12H2,(H,31,34). The van der Waals surface area contributed by atoms with E-state index in [1.807, 2.05) is 0 Å². The number of carbonyl (C=O) groups is 2. The van der Waals surface area contributed by atoms with Gasteiger partial charge >= 0.3 is 6.18 Å². The topological polar surface area (TPSA) is 84.9 Å². The molecule has 1 aliphatic heterocycles. The second kappa shape index (κ2) is 8.62. The lowest BCUT2D eigenvalue weighted by atomic mass is 9.38. The smallest absolute Gasteiger partial charge is 0.416 e. The average Bonchev–Trinajstić information content (AvgIpc) is 2.76. The van der Waals surface area contributed by atoms with Crippen molar-refractivity contribution in [2.75, 3.05) is 6.61 Å². The summed E-state index contributed by atoms with van der Waals surface area (Å²) in [5.41, 5.74) is -1.41. The van der Waals surface area contributed by atoms with Gasteiger partial charge in [0, 0.05) is 30.0 Å². The molecule has 0 radical (unpaired) electrons. The zero-order chi connectivity index (χ0) is 25.9. The monoisotopic (exact) mass is 527 g/mol. The van der Waals surface area contributed by atoms with Crippen LogP contribution >= 0.6 is 11.6 Å². The molecule has 2 aromatic rings. The number of rotatable bonds is 7. The largest absolute Gasteiger partial charge is 0.484 e. The van der Waals surface area contributed by atoms with Crippen molar-refractivity contribution in [3.05, 3.63) is 58.4 Å². The minimum Gasteiger partial charge on any atom is -0.484 e. The molecule has 2 N–H and O–H groups in total. The van der Waals surface area contributed by atoms with E-state index >= 15 is 0 Å². The van der Waals surface area contributed by atoms with E-state index in [1.165, 1.54) is 18.2 Å². The predicted molar refractivity (Wildman–Crippen MR) is 119 cm³/mol. The average molecular weight is 528 g/mol. The molecule has 3 fully saturated rings. The molecule has 192 valence electrons. The number of hydrogen-bond acceptors (Lipinski definition) is 5. The van der Waals surface area contributed by atoms with Crippen LogP contribution < -0.4 is 14.8 Å². The Balaban J connectivity index is 1.12. The molecule has 36 heavy (non-hydrogen) atoms. The maximum absolute atomic E-state index is 13.5. The van der Waals surface area contributed by atoms with Gasteiger partial charge in [0.15, 0.2) is 18.5 Å². The van der Waals surface area contributed by atoms with Crippen molar-refractivity contribution in [2.24, 2.45) is 5.41 Å². The van der Waals surface area contributed by atoms with Crippen LogP contribution in [0.15, 0.2) is 36.4 Å². The first-order chi connectivity index (χ1) is 16.9. The molecule has 11 heteroatoms. The first kappa shape index (κ1) is 24.8. The number of amides is 1. The highest BCUT2D eigenvalue weighted by Crippen LogP contribution is 2.69. The van der Waals surface area contributed by atoms with Crippen LogP contribution in [0.4, 0.5) is 17.6 Å². The van der Waals surface area contributed by atoms with Gasteiger partial charge in [-0.25, -0.2) is 4.39 Å². The van der Waals surface area contributed by atoms with Crippen molar-refractivity contribution in [3.8, 4) is 11.5 Å². The number of aliphatic hydroxyl groups is 1. The number of halogens is 5. The third-order valence-electron chi connectivity index (χ3n) is 7.12. The van der Waals surface area contributed by atoms with Crippen LogP contribution in [-0.2, 0) is 15.8 Å². The molecule has 0 saturated heterocycles. The first-order valence-electron chi connectivity index (χ1n) is 11.3. The number of carbonyl (C=O) groups excluding carboxylic acids is 2. The summed E-state index contributed by atoms with van der Waals surface area (Å²) in [7, 11) is 0. The second-order valence-corrected chi connectivity index (χ2v) is 10.4.